The molecule has 1 saturated heterocycles. The van der Waals surface area contributed by atoms with E-state index in [1.54, 1.807) is 0 Å². The van der Waals surface area contributed by atoms with E-state index in [1.807, 2.05) is 17.0 Å². The van der Waals surface area contributed by atoms with Gasteiger partial charge in [-0.25, -0.2) is 0 Å². The lowest BCUT2D eigenvalue weighted by Gasteiger charge is -2.21. The molecule has 0 radical (unpaired) electrons. The fraction of sp³-hybridized carbons (Fsp3) is 0.562. The summed E-state index contributed by atoms with van der Waals surface area (Å²) in [4.78, 5) is 14.1. The highest BCUT2D eigenvalue weighted by molar-refractivity contribution is 9.10. The summed E-state index contributed by atoms with van der Waals surface area (Å²) in [6, 6.07) is 5.93. The molecule has 2 rings (SSSR count). The van der Waals surface area contributed by atoms with E-state index in [2.05, 4.69) is 41.2 Å². The Morgan fingerprint density at radius 3 is 2.95 bits per heavy atom. The zero-order valence-corrected chi connectivity index (χ0v) is 14.3. The second-order valence-corrected chi connectivity index (χ2v) is 6.53. The summed E-state index contributed by atoms with van der Waals surface area (Å²) in [5.74, 6) is 1.22. The average molecular weight is 355 g/mol. The molecule has 1 aromatic carbocycles. The van der Waals surface area contributed by atoms with Gasteiger partial charge in [-0.15, -0.1) is 0 Å². The van der Waals surface area contributed by atoms with Crippen molar-refractivity contribution < 1.29 is 9.53 Å². The third kappa shape index (κ3) is 4.71. The summed E-state index contributed by atoms with van der Waals surface area (Å²) in [5.41, 5.74) is 1.12. The Morgan fingerprint density at radius 1 is 1.38 bits per heavy atom. The second kappa shape index (κ2) is 7.80. The number of nitrogens with one attached hydrogen (secondary N) is 1. The minimum absolute atomic E-state index is 0.0660. The first-order valence-corrected chi connectivity index (χ1v) is 8.28. The Hall–Kier alpha value is -1.07. The molecule has 1 amide bonds. The number of hydrogen-bond donors (Lipinski definition) is 1. The zero-order valence-electron chi connectivity index (χ0n) is 12.7. The molecule has 0 bridgehead atoms. The van der Waals surface area contributed by atoms with Crippen molar-refractivity contribution in [3.05, 3.63) is 28.2 Å². The third-order valence-corrected chi connectivity index (χ3v) is 4.13. The van der Waals surface area contributed by atoms with Gasteiger partial charge in [0.25, 0.3) is 5.91 Å². The lowest BCUT2D eigenvalue weighted by atomic mass is 10.0. The number of hydrogen-bond acceptors (Lipinski definition) is 3. The van der Waals surface area contributed by atoms with Crippen LogP contribution >= 0.6 is 15.9 Å². The van der Waals surface area contributed by atoms with Crippen LogP contribution in [0.2, 0.25) is 0 Å². The minimum atomic E-state index is 0.0660. The fourth-order valence-corrected chi connectivity index (χ4v) is 2.81. The van der Waals surface area contributed by atoms with E-state index < -0.39 is 0 Å². The first-order valence-electron chi connectivity index (χ1n) is 7.48. The van der Waals surface area contributed by atoms with Crippen LogP contribution in [0.3, 0.4) is 0 Å². The van der Waals surface area contributed by atoms with E-state index in [9.17, 15) is 4.79 Å². The monoisotopic (exact) mass is 354 g/mol. The van der Waals surface area contributed by atoms with Crippen molar-refractivity contribution >= 4 is 21.8 Å². The number of amides is 1. The van der Waals surface area contributed by atoms with Crippen LogP contribution in [0.4, 0.5) is 0 Å². The summed E-state index contributed by atoms with van der Waals surface area (Å²) in [6.45, 7) is 7.78. The van der Waals surface area contributed by atoms with Crippen molar-refractivity contribution in [3.8, 4) is 5.75 Å². The van der Waals surface area contributed by atoms with Crippen LogP contribution < -0.4 is 10.1 Å². The molecule has 1 heterocycles. The molecular weight excluding hydrogens is 332 g/mol. The first kappa shape index (κ1) is 16.3. The van der Waals surface area contributed by atoms with Gasteiger partial charge >= 0.3 is 0 Å². The van der Waals surface area contributed by atoms with Crippen molar-refractivity contribution in [2.45, 2.75) is 26.2 Å². The average Bonchev–Trinajstić information content (AvgIpc) is 2.74. The largest absolute Gasteiger partial charge is 0.483 e. The number of rotatable bonds is 4. The summed E-state index contributed by atoms with van der Waals surface area (Å²) in [7, 11) is 0. The van der Waals surface area contributed by atoms with Crippen LogP contribution in [-0.4, -0.2) is 43.6 Å². The van der Waals surface area contributed by atoms with Gasteiger partial charge in [0.05, 0.1) is 0 Å². The highest BCUT2D eigenvalue weighted by atomic mass is 79.9. The first-order chi connectivity index (χ1) is 10.1. The molecule has 5 heteroatoms. The highest BCUT2D eigenvalue weighted by Gasteiger charge is 2.17. The Kier molecular flexibility index (Phi) is 6.06. The number of carbonyl (C=O) groups is 1. The predicted molar refractivity (Wildman–Crippen MR) is 87.8 cm³/mol. The van der Waals surface area contributed by atoms with Gasteiger partial charge in [-0.2, -0.15) is 0 Å². The van der Waals surface area contributed by atoms with Crippen molar-refractivity contribution in [1.29, 1.82) is 0 Å². The normalized spacial score (nSPS) is 15.9. The molecule has 0 spiro atoms. The van der Waals surface area contributed by atoms with Crippen LogP contribution in [0, 0.1) is 0 Å². The molecule has 0 atom stereocenters. The molecule has 1 N–H and O–H groups in total. The zero-order chi connectivity index (χ0) is 15.2. The molecule has 0 unspecified atom stereocenters. The maximum atomic E-state index is 12.2. The second-order valence-electron chi connectivity index (χ2n) is 5.61. The molecule has 21 heavy (non-hydrogen) atoms. The molecule has 0 saturated carbocycles. The minimum Gasteiger partial charge on any atom is -0.483 e. The molecule has 0 aliphatic carbocycles. The number of benzene rings is 1. The van der Waals surface area contributed by atoms with Gasteiger partial charge in [0.15, 0.2) is 6.61 Å². The lowest BCUT2D eigenvalue weighted by Crippen LogP contribution is -2.37. The SMILES string of the molecule is CC(C)c1cc(Br)ccc1OCC(=O)N1CCCNCC1. The van der Waals surface area contributed by atoms with Crippen LogP contribution in [0.25, 0.3) is 0 Å². The molecule has 1 aromatic rings. The standard InChI is InChI=1S/C16H23BrN2O2/c1-12(2)14-10-13(17)4-5-15(14)21-11-16(20)19-8-3-6-18-7-9-19/h4-5,10,12,18H,3,6-9,11H2,1-2H3. The summed E-state index contributed by atoms with van der Waals surface area (Å²) >= 11 is 3.48. The quantitative estimate of drug-likeness (QED) is 0.903. The Morgan fingerprint density at radius 2 is 2.19 bits per heavy atom. The van der Waals surface area contributed by atoms with Gasteiger partial charge in [0, 0.05) is 24.1 Å². The lowest BCUT2D eigenvalue weighted by molar-refractivity contribution is -0.133. The van der Waals surface area contributed by atoms with Crippen LogP contribution in [0.15, 0.2) is 22.7 Å². The summed E-state index contributed by atoms with van der Waals surface area (Å²) < 4.78 is 6.81. The Bertz CT molecular complexity index is 483. The molecule has 1 fully saturated rings. The molecule has 0 aromatic heterocycles. The smallest absolute Gasteiger partial charge is 0.260 e. The Balaban J connectivity index is 1.97. The van der Waals surface area contributed by atoms with E-state index in [0.29, 0.717) is 5.92 Å². The van der Waals surface area contributed by atoms with Gasteiger partial charge < -0.3 is 15.0 Å². The third-order valence-electron chi connectivity index (χ3n) is 3.64. The van der Waals surface area contributed by atoms with E-state index in [-0.39, 0.29) is 12.5 Å². The van der Waals surface area contributed by atoms with Gasteiger partial charge in [-0.05, 0) is 42.6 Å². The number of nitrogens with zero attached hydrogens (tertiary/aromatic N) is 1. The molecule has 1 aliphatic rings. The van der Waals surface area contributed by atoms with Crippen molar-refractivity contribution in [3.63, 3.8) is 0 Å². The maximum Gasteiger partial charge on any atom is 0.260 e. The molecular formula is C16H23BrN2O2. The summed E-state index contributed by atoms with van der Waals surface area (Å²) in [6.07, 6.45) is 1.00. The highest BCUT2D eigenvalue weighted by Crippen LogP contribution is 2.29. The Labute approximate surface area is 135 Å². The molecule has 116 valence electrons. The maximum absolute atomic E-state index is 12.2. The van der Waals surface area contributed by atoms with Crippen molar-refractivity contribution in [2.24, 2.45) is 0 Å². The predicted octanol–water partition coefficient (Wildman–Crippen LogP) is 2.77. The number of halogens is 1. The van der Waals surface area contributed by atoms with Crippen molar-refractivity contribution in [1.82, 2.24) is 10.2 Å². The van der Waals surface area contributed by atoms with E-state index in [4.69, 9.17) is 4.74 Å². The number of carbonyl (C=O) groups excluding carboxylic acids is 1. The van der Waals surface area contributed by atoms with Crippen molar-refractivity contribution in [2.75, 3.05) is 32.8 Å². The van der Waals surface area contributed by atoms with E-state index >= 15 is 0 Å². The molecule has 4 nitrogen and oxygen atoms in total. The van der Waals surface area contributed by atoms with Gasteiger partial charge in [0.1, 0.15) is 5.75 Å². The van der Waals surface area contributed by atoms with E-state index in [1.165, 1.54) is 0 Å². The fourth-order valence-electron chi connectivity index (χ4n) is 2.43. The van der Waals surface area contributed by atoms with Gasteiger partial charge in [-0.3, -0.25) is 4.79 Å². The van der Waals surface area contributed by atoms with Crippen LogP contribution in [0.1, 0.15) is 31.7 Å². The van der Waals surface area contributed by atoms with Crippen LogP contribution in [-0.2, 0) is 4.79 Å². The summed E-state index contributed by atoms with van der Waals surface area (Å²) in [5, 5.41) is 3.30. The van der Waals surface area contributed by atoms with Gasteiger partial charge in [0.2, 0.25) is 0 Å². The molecule has 1 aliphatic heterocycles. The van der Waals surface area contributed by atoms with Crippen LogP contribution in [0.5, 0.6) is 5.75 Å². The van der Waals surface area contributed by atoms with E-state index in [0.717, 1.165) is 48.4 Å². The topological polar surface area (TPSA) is 41.6 Å². The van der Waals surface area contributed by atoms with Gasteiger partial charge in [-0.1, -0.05) is 29.8 Å². The number of ether oxygens (including phenoxy) is 1.